The summed E-state index contributed by atoms with van der Waals surface area (Å²) >= 11 is 0. The number of furan rings is 1. The highest BCUT2D eigenvalue weighted by atomic mass is 16.5. The molecule has 1 heterocycles. The summed E-state index contributed by atoms with van der Waals surface area (Å²) < 4.78 is 16.3. The number of benzene rings is 1. The number of aryl methyl sites for hydroxylation is 2. The molecule has 0 bridgehead atoms. The lowest BCUT2D eigenvalue weighted by Gasteiger charge is -2.13. The Kier molecular flexibility index (Phi) is 5.22. The van der Waals surface area contributed by atoms with Crippen LogP contribution in [0, 0.1) is 13.8 Å². The van der Waals surface area contributed by atoms with E-state index in [1.54, 1.807) is 6.07 Å². The fraction of sp³-hybridized carbons (Fsp3) is 0.421. The van der Waals surface area contributed by atoms with Crippen LogP contribution in [0.15, 0.2) is 28.7 Å². The number of carbonyl (C=O) groups excluding carboxylic acids is 1. The Morgan fingerprint density at radius 2 is 1.92 bits per heavy atom. The van der Waals surface area contributed by atoms with Crippen LogP contribution in [0.3, 0.4) is 0 Å². The zero-order valence-electron chi connectivity index (χ0n) is 15.1. The van der Waals surface area contributed by atoms with Crippen molar-refractivity contribution >= 4 is 11.8 Å². The first-order chi connectivity index (χ1) is 11.2. The van der Waals surface area contributed by atoms with Crippen molar-refractivity contribution in [2.24, 2.45) is 0 Å². The molecule has 0 radical (unpaired) electrons. The Hall–Kier alpha value is -2.43. The van der Waals surface area contributed by atoms with Crippen LogP contribution in [0.25, 0.3) is 0 Å². The lowest BCUT2D eigenvalue weighted by atomic mass is 9.93. The molecule has 5 heteroatoms. The fourth-order valence-corrected chi connectivity index (χ4v) is 2.22. The molecule has 5 nitrogen and oxygen atoms in total. The molecular formula is C19H25NO4. The van der Waals surface area contributed by atoms with Crippen molar-refractivity contribution in [2.75, 3.05) is 12.4 Å². The van der Waals surface area contributed by atoms with Gasteiger partial charge >= 0.3 is 6.09 Å². The number of methoxy groups -OCH3 is 1. The van der Waals surface area contributed by atoms with E-state index < -0.39 is 6.09 Å². The van der Waals surface area contributed by atoms with E-state index in [4.69, 9.17) is 9.15 Å². The highest BCUT2D eigenvalue weighted by Crippen LogP contribution is 2.28. The average molecular weight is 331 g/mol. The summed E-state index contributed by atoms with van der Waals surface area (Å²) in [6.07, 6.45) is -0.490. The third-order valence-electron chi connectivity index (χ3n) is 3.77. The number of nitrogens with one attached hydrogen (secondary N) is 1. The molecule has 0 spiro atoms. The molecule has 130 valence electrons. The molecule has 0 fully saturated rings. The molecule has 0 aliphatic carbocycles. The van der Waals surface area contributed by atoms with Gasteiger partial charge in [-0.1, -0.05) is 20.8 Å². The number of hydrogen-bond donors (Lipinski definition) is 1. The largest absolute Gasteiger partial charge is 0.489 e. The third kappa shape index (κ3) is 4.31. The van der Waals surface area contributed by atoms with Crippen molar-refractivity contribution in [3.63, 3.8) is 0 Å². The average Bonchev–Trinajstić information content (AvgIpc) is 2.89. The number of ether oxygens (including phenoxy) is 2. The molecule has 1 aromatic carbocycles. The molecule has 1 N–H and O–H groups in total. The van der Waals surface area contributed by atoms with E-state index in [-0.39, 0.29) is 5.41 Å². The lowest BCUT2D eigenvalue weighted by Crippen LogP contribution is -2.11. The Morgan fingerprint density at radius 1 is 1.21 bits per heavy atom. The molecule has 0 unspecified atom stereocenters. The highest BCUT2D eigenvalue weighted by molar-refractivity contribution is 5.85. The zero-order chi connectivity index (χ0) is 17.9. The van der Waals surface area contributed by atoms with E-state index in [2.05, 4.69) is 36.9 Å². The van der Waals surface area contributed by atoms with Crippen LogP contribution in [0.5, 0.6) is 5.75 Å². The summed E-state index contributed by atoms with van der Waals surface area (Å²) in [5.41, 5.74) is 2.61. The Bertz CT molecular complexity index is 725. The third-order valence-corrected chi connectivity index (χ3v) is 3.77. The van der Waals surface area contributed by atoms with Crippen molar-refractivity contribution < 1.29 is 18.7 Å². The van der Waals surface area contributed by atoms with E-state index in [9.17, 15) is 4.79 Å². The molecule has 1 aromatic heterocycles. The molecule has 0 saturated heterocycles. The van der Waals surface area contributed by atoms with Gasteiger partial charge in [0.1, 0.15) is 23.9 Å². The number of carbonyl (C=O) groups is 1. The molecule has 1 amide bonds. The smallest absolute Gasteiger partial charge is 0.411 e. The first-order valence-corrected chi connectivity index (χ1v) is 7.89. The van der Waals surface area contributed by atoms with Crippen molar-refractivity contribution in [3.8, 4) is 5.75 Å². The minimum Gasteiger partial charge on any atom is -0.489 e. The van der Waals surface area contributed by atoms with Gasteiger partial charge < -0.3 is 13.9 Å². The van der Waals surface area contributed by atoms with Crippen LogP contribution in [0.4, 0.5) is 10.5 Å². The van der Waals surface area contributed by atoms with Gasteiger partial charge in [-0.05, 0) is 43.7 Å². The molecule has 24 heavy (non-hydrogen) atoms. The van der Waals surface area contributed by atoms with Gasteiger partial charge in [-0.25, -0.2) is 4.79 Å². The lowest BCUT2D eigenvalue weighted by molar-refractivity contribution is 0.187. The van der Waals surface area contributed by atoms with Crippen LogP contribution >= 0.6 is 0 Å². The van der Waals surface area contributed by atoms with E-state index in [0.717, 1.165) is 28.4 Å². The van der Waals surface area contributed by atoms with Crippen LogP contribution in [0.1, 0.15) is 43.4 Å². The summed E-state index contributed by atoms with van der Waals surface area (Å²) in [5.74, 6) is 2.56. The first kappa shape index (κ1) is 17.9. The second kappa shape index (κ2) is 6.99. The number of rotatable bonds is 4. The standard InChI is InChI=1S/C19H25NO4/c1-12-9-15(7-8-16(12)20-18(21)22-6)23-11-14-10-17(19(3,4)5)24-13(14)2/h7-10H,11H2,1-6H3,(H,20,21). The van der Waals surface area contributed by atoms with Gasteiger partial charge in [-0.3, -0.25) is 5.32 Å². The summed E-state index contributed by atoms with van der Waals surface area (Å²) in [7, 11) is 1.33. The van der Waals surface area contributed by atoms with Crippen molar-refractivity contribution in [2.45, 2.75) is 46.6 Å². The monoisotopic (exact) mass is 331 g/mol. The maximum absolute atomic E-state index is 11.3. The van der Waals surface area contributed by atoms with E-state index >= 15 is 0 Å². The van der Waals surface area contributed by atoms with Crippen LogP contribution in [0.2, 0.25) is 0 Å². The number of anilines is 1. The molecule has 2 aromatic rings. The molecule has 0 aliphatic heterocycles. The molecule has 0 aliphatic rings. The van der Waals surface area contributed by atoms with Gasteiger partial charge in [0.25, 0.3) is 0 Å². The van der Waals surface area contributed by atoms with E-state index in [0.29, 0.717) is 12.3 Å². The minimum atomic E-state index is -0.490. The predicted molar refractivity (Wildman–Crippen MR) is 93.7 cm³/mol. The molecular weight excluding hydrogens is 306 g/mol. The van der Waals surface area contributed by atoms with Gasteiger partial charge in [0.2, 0.25) is 0 Å². The number of hydrogen-bond acceptors (Lipinski definition) is 4. The summed E-state index contributed by atoms with van der Waals surface area (Å²) in [6, 6.07) is 7.55. The number of amides is 1. The predicted octanol–water partition coefficient (Wildman–Crippen LogP) is 4.95. The van der Waals surface area contributed by atoms with Crippen LogP contribution in [-0.2, 0) is 16.8 Å². The van der Waals surface area contributed by atoms with Crippen molar-refractivity contribution in [1.82, 2.24) is 0 Å². The summed E-state index contributed by atoms with van der Waals surface area (Å²) in [6.45, 7) is 10.6. The second-order valence-electron chi connectivity index (χ2n) is 6.82. The van der Waals surface area contributed by atoms with Gasteiger partial charge in [-0.15, -0.1) is 0 Å². The van der Waals surface area contributed by atoms with Crippen molar-refractivity contribution in [1.29, 1.82) is 0 Å². The second-order valence-corrected chi connectivity index (χ2v) is 6.82. The minimum absolute atomic E-state index is 0.0270. The van der Waals surface area contributed by atoms with Gasteiger partial charge in [0.15, 0.2) is 0 Å². The maximum Gasteiger partial charge on any atom is 0.411 e. The van der Waals surface area contributed by atoms with Gasteiger partial charge in [0, 0.05) is 16.7 Å². The van der Waals surface area contributed by atoms with Crippen LogP contribution < -0.4 is 10.1 Å². The van der Waals surface area contributed by atoms with Gasteiger partial charge in [-0.2, -0.15) is 0 Å². The Balaban J connectivity index is 2.06. The molecule has 2 rings (SSSR count). The first-order valence-electron chi connectivity index (χ1n) is 7.89. The normalized spacial score (nSPS) is 11.2. The molecule has 0 atom stereocenters. The summed E-state index contributed by atoms with van der Waals surface area (Å²) in [4.78, 5) is 11.3. The van der Waals surface area contributed by atoms with Crippen LogP contribution in [-0.4, -0.2) is 13.2 Å². The quantitative estimate of drug-likeness (QED) is 0.861. The van der Waals surface area contributed by atoms with Crippen molar-refractivity contribution in [3.05, 3.63) is 46.9 Å². The SMILES string of the molecule is COC(=O)Nc1ccc(OCc2cc(C(C)(C)C)oc2C)cc1C. The fourth-order valence-electron chi connectivity index (χ4n) is 2.22. The van der Waals surface area contributed by atoms with E-state index in [1.165, 1.54) is 7.11 Å². The Labute approximate surface area is 143 Å². The van der Waals surface area contributed by atoms with Gasteiger partial charge in [0.05, 0.1) is 7.11 Å². The molecule has 0 saturated carbocycles. The topological polar surface area (TPSA) is 60.7 Å². The summed E-state index contributed by atoms with van der Waals surface area (Å²) in [5, 5.41) is 2.66. The highest BCUT2D eigenvalue weighted by Gasteiger charge is 2.20. The maximum atomic E-state index is 11.3. The van der Waals surface area contributed by atoms with E-state index in [1.807, 2.05) is 26.0 Å². The Morgan fingerprint density at radius 3 is 2.46 bits per heavy atom. The zero-order valence-corrected chi connectivity index (χ0v) is 15.1.